The highest BCUT2D eigenvalue weighted by molar-refractivity contribution is 6.33. The molecular formula is C22H24ClFN4O. The van der Waals surface area contributed by atoms with Gasteiger partial charge in [-0.3, -0.25) is 14.8 Å². The van der Waals surface area contributed by atoms with Crippen LogP contribution in [0.25, 0.3) is 11.3 Å². The Morgan fingerprint density at radius 3 is 2.69 bits per heavy atom. The lowest BCUT2D eigenvalue weighted by Gasteiger charge is -2.24. The Hall–Kier alpha value is -2.70. The monoisotopic (exact) mass is 414 g/mol. The van der Waals surface area contributed by atoms with Crippen molar-refractivity contribution in [2.75, 3.05) is 18.9 Å². The number of hydrogen-bond donors (Lipinski definition) is 2. The minimum Gasteiger partial charge on any atom is -0.323 e. The standard InChI is InChI=1S/C22H24ClFN4O/c1-15(22(29)25-20-8-4-3-7-19(20)23)28(2)13-5-6-18-14-21(27-26-18)16-9-11-17(24)12-10-16/h3-4,7-12,14-15H,5-6,13H2,1-2H3,(H,25,29)(H,26,27). The van der Waals surface area contributed by atoms with Gasteiger partial charge in [0.15, 0.2) is 0 Å². The Bertz CT molecular complexity index is 957. The van der Waals surface area contributed by atoms with E-state index in [1.165, 1.54) is 12.1 Å². The number of benzene rings is 2. The number of likely N-dealkylation sites (N-methyl/N-ethyl adjacent to an activating group) is 1. The predicted octanol–water partition coefficient (Wildman–Crippen LogP) is 4.76. The fraction of sp³-hybridized carbons (Fsp3) is 0.273. The summed E-state index contributed by atoms with van der Waals surface area (Å²) in [7, 11) is 1.92. The molecule has 0 radical (unpaired) electrons. The van der Waals surface area contributed by atoms with Gasteiger partial charge in [0.2, 0.25) is 5.91 Å². The molecule has 1 unspecified atom stereocenters. The van der Waals surface area contributed by atoms with E-state index in [1.807, 2.05) is 37.1 Å². The van der Waals surface area contributed by atoms with Gasteiger partial charge in [-0.15, -0.1) is 0 Å². The lowest BCUT2D eigenvalue weighted by Crippen LogP contribution is -2.40. The molecular weight excluding hydrogens is 391 g/mol. The van der Waals surface area contributed by atoms with Crippen LogP contribution in [0.1, 0.15) is 19.0 Å². The average Bonchev–Trinajstić information content (AvgIpc) is 3.18. The fourth-order valence-electron chi connectivity index (χ4n) is 2.97. The first-order valence-corrected chi connectivity index (χ1v) is 9.87. The van der Waals surface area contributed by atoms with Crippen LogP contribution in [-0.2, 0) is 11.2 Å². The fourth-order valence-corrected chi connectivity index (χ4v) is 3.15. The van der Waals surface area contributed by atoms with Gasteiger partial charge in [-0.05, 0) is 75.8 Å². The van der Waals surface area contributed by atoms with Gasteiger partial charge in [-0.1, -0.05) is 23.7 Å². The number of amides is 1. The molecule has 0 spiro atoms. The van der Waals surface area contributed by atoms with Crippen LogP contribution in [0.3, 0.4) is 0 Å². The minimum absolute atomic E-state index is 0.0965. The Kier molecular flexibility index (Phi) is 7.01. The van der Waals surface area contributed by atoms with Crippen molar-refractivity contribution < 1.29 is 9.18 Å². The van der Waals surface area contributed by atoms with Gasteiger partial charge in [0.05, 0.1) is 22.4 Å². The molecule has 0 aliphatic rings. The van der Waals surface area contributed by atoms with E-state index in [1.54, 1.807) is 24.3 Å². The molecule has 1 atom stereocenters. The van der Waals surface area contributed by atoms with Crippen molar-refractivity contribution in [3.63, 3.8) is 0 Å². The second-order valence-electron chi connectivity index (χ2n) is 7.01. The smallest absolute Gasteiger partial charge is 0.241 e. The van der Waals surface area contributed by atoms with Crippen molar-refractivity contribution in [1.29, 1.82) is 0 Å². The number of nitrogens with one attached hydrogen (secondary N) is 2. The zero-order valence-corrected chi connectivity index (χ0v) is 17.2. The molecule has 1 heterocycles. The van der Waals surface area contributed by atoms with Crippen molar-refractivity contribution in [3.8, 4) is 11.3 Å². The average molecular weight is 415 g/mol. The molecule has 2 aromatic carbocycles. The first-order chi connectivity index (χ1) is 13.9. The number of para-hydroxylation sites is 1. The quantitative estimate of drug-likeness (QED) is 0.558. The zero-order valence-electron chi connectivity index (χ0n) is 16.5. The summed E-state index contributed by atoms with van der Waals surface area (Å²) >= 11 is 6.10. The van der Waals surface area contributed by atoms with E-state index < -0.39 is 0 Å². The molecule has 0 aliphatic heterocycles. The number of aryl methyl sites for hydroxylation is 1. The highest BCUT2D eigenvalue weighted by Crippen LogP contribution is 2.21. The maximum Gasteiger partial charge on any atom is 0.241 e. The number of carbonyl (C=O) groups is 1. The summed E-state index contributed by atoms with van der Waals surface area (Å²) in [6.45, 7) is 2.62. The summed E-state index contributed by atoms with van der Waals surface area (Å²) in [4.78, 5) is 14.5. The van der Waals surface area contributed by atoms with Gasteiger partial charge >= 0.3 is 0 Å². The van der Waals surface area contributed by atoms with E-state index in [0.29, 0.717) is 10.7 Å². The number of H-pyrrole nitrogens is 1. The van der Waals surface area contributed by atoms with Gasteiger partial charge in [0, 0.05) is 11.3 Å². The summed E-state index contributed by atoms with van der Waals surface area (Å²) < 4.78 is 13.0. The van der Waals surface area contributed by atoms with Crippen LogP contribution in [0, 0.1) is 5.82 Å². The van der Waals surface area contributed by atoms with Crippen LogP contribution in [0.15, 0.2) is 54.6 Å². The molecule has 152 valence electrons. The maximum absolute atomic E-state index is 13.0. The third-order valence-corrected chi connectivity index (χ3v) is 5.23. The van der Waals surface area contributed by atoms with Gasteiger partial charge in [-0.2, -0.15) is 5.10 Å². The number of anilines is 1. The SMILES string of the molecule is CC(C(=O)Nc1ccccc1Cl)N(C)CCCc1cc(-c2ccc(F)cc2)n[nH]1. The molecule has 3 rings (SSSR count). The van der Waals surface area contributed by atoms with E-state index in [-0.39, 0.29) is 17.8 Å². The molecule has 1 amide bonds. The van der Waals surface area contributed by atoms with Crippen LogP contribution in [0.2, 0.25) is 5.02 Å². The van der Waals surface area contributed by atoms with Crippen LogP contribution < -0.4 is 5.32 Å². The second-order valence-corrected chi connectivity index (χ2v) is 7.42. The van der Waals surface area contributed by atoms with Crippen molar-refractivity contribution in [3.05, 3.63) is 71.1 Å². The Morgan fingerprint density at radius 1 is 1.24 bits per heavy atom. The largest absolute Gasteiger partial charge is 0.323 e. The molecule has 0 aliphatic carbocycles. The molecule has 29 heavy (non-hydrogen) atoms. The van der Waals surface area contributed by atoms with E-state index in [2.05, 4.69) is 15.5 Å². The lowest BCUT2D eigenvalue weighted by atomic mass is 10.1. The summed E-state index contributed by atoms with van der Waals surface area (Å²) in [5.74, 6) is -0.360. The summed E-state index contributed by atoms with van der Waals surface area (Å²) in [5.41, 5.74) is 3.29. The van der Waals surface area contributed by atoms with Gasteiger partial charge in [0.1, 0.15) is 5.82 Å². The molecule has 3 aromatic rings. The number of halogens is 2. The number of rotatable bonds is 8. The van der Waals surface area contributed by atoms with Crippen molar-refractivity contribution >= 4 is 23.2 Å². The van der Waals surface area contributed by atoms with E-state index >= 15 is 0 Å². The Morgan fingerprint density at radius 2 is 1.97 bits per heavy atom. The van der Waals surface area contributed by atoms with Crippen molar-refractivity contribution in [2.24, 2.45) is 0 Å². The predicted molar refractivity (Wildman–Crippen MR) is 114 cm³/mol. The van der Waals surface area contributed by atoms with Crippen LogP contribution in [0.5, 0.6) is 0 Å². The van der Waals surface area contributed by atoms with Crippen LogP contribution in [-0.4, -0.2) is 40.6 Å². The van der Waals surface area contributed by atoms with Crippen LogP contribution >= 0.6 is 11.6 Å². The van der Waals surface area contributed by atoms with E-state index in [0.717, 1.165) is 36.3 Å². The van der Waals surface area contributed by atoms with Crippen LogP contribution in [0.4, 0.5) is 10.1 Å². The number of hydrogen-bond acceptors (Lipinski definition) is 3. The molecule has 1 aromatic heterocycles. The first kappa shape index (κ1) is 21.0. The molecule has 0 bridgehead atoms. The number of aromatic nitrogens is 2. The molecule has 0 fully saturated rings. The normalized spacial score (nSPS) is 12.2. The highest BCUT2D eigenvalue weighted by atomic mass is 35.5. The van der Waals surface area contributed by atoms with Gasteiger partial charge in [0.25, 0.3) is 0 Å². The number of carbonyl (C=O) groups excluding carboxylic acids is 1. The minimum atomic E-state index is -0.289. The summed E-state index contributed by atoms with van der Waals surface area (Å²) in [6.07, 6.45) is 1.67. The zero-order chi connectivity index (χ0) is 20.8. The molecule has 7 heteroatoms. The molecule has 5 nitrogen and oxygen atoms in total. The Labute approximate surface area is 174 Å². The van der Waals surface area contributed by atoms with Gasteiger partial charge < -0.3 is 5.32 Å². The van der Waals surface area contributed by atoms with Gasteiger partial charge in [-0.25, -0.2) is 4.39 Å². The lowest BCUT2D eigenvalue weighted by molar-refractivity contribution is -0.120. The second kappa shape index (κ2) is 9.67. The first-order valence-electron chi connectivity index (χ1n) is 9.50. The topological polar surface area (TPSA) is 61.0 Å². The van der Waals surface area contributed by atoms with Crippen molar-refractivity contribution in [1.82, 2.24) is 15.1 Å². The number of nitrogens with zero attached hydrogens (tertiary/aromatic N) is 2. The third kappa shape index (κ3) is 5.65. The van der Waals surface area contributed by atoms with E-state index in [9.17, 15) is 9.18 Å². The number of aromatic amines is 1. The highest BCUT2D eigenvalue weighted by Gasteiger charge is 2.18. The molecule has 0 saturated carbocycles. The third-order valence-electron chi connectivity index (χ3n) is 4.90. The van der Waals surface area contributed by atoms with E-state index in [4.69, 9.17) is 11.6 Å². The van der Waals surface area contributed by atoms with Crippen molar-refractivity contribution in [2.45, 2.75) is 25.8 Å². The maximum atomic E-state index is 13.0. The molecule has 0 saturated heterocycles. The molecule has 2 N–H and O–H groups in total. The summed E-state index contributed by atoms with van der Waals surface area (Å²) in [5, 5.41) is 10.7. The Balaban J connectivity index is 1.48. The summed E-state index contributed by atoms with van der Waals surface area (Å²) in [6, 6.07) is 15.1.